The Labute approximate surface area is 127 Å². The summed E-state index contributed by atoms with van der Waals surface area (Å²) in [6.45, 7) is 0. The van der Waals surface area contributed by atoms with Crippen LogP contribution in [0, 0.1) is 0 Å². The fourth-order valence-corrected chi connectivity index (χ4v) is 3.03. The van der Waals surface area contributed by atoms with E-state index in [0.29, 0.717) is 10.9 Å². The summed E-state index contributed by atoms with van der Waals surface area (Å²) in [6.07, 6.45) is 6.86. The number of nitrogen functional groups attached to an aromatic ring is 1. The van der Waals surface area contributed by atoms with Crippen molar-refractivity contribution in [2.75, 3.05) is 23.0 Å². The Morgan fingerprint density at radius 2 is 2.33 bits per heavy atom. The van der Waals surface area contributed by atoms with Crippen LogP contribution in [-0.4, -0.2) is 29.0 Å². The van der Waals surface area contributed by atoms with Crippen LogP contribution in [0.15, 0.2) is 24.5 Å². The Bertz CT molecular complexity index is 638. The van der Waals surface area contributed by atoms with Gasteiger partial charge in [0.25, 0.3) is 5.91 Å². The molecule has 3 N–H and O–H groups in total. The quantitative estimate of drug-likeness (QED) is 0.906. The number of aromatic nitrogens is 2. The van der Waals surface area contributed by atoms with Crippen LogP contribution in [0.5, 0.6) is 0 Å². The average Bonchev–Trinajstić information content (AvgIpc) is 2.83. The third-order valence-corrected chi connectivity index (χ3v) is 4.61. The van der Waals surface area contributed by atoms with Crippen molar-refractivity contribution in [3.63, 3.8) is 0 Å². The van der Waals surface area contributed by atoms with Gasteiger partial charge in [0.2, 0.25) is 0 Å². The van der Waals surface area contributed by atoms with Gasteiger partial charge in [-0.3, -0.25) is 9.78 Å². The molecule has 0 saturated heterocycles. The molecule has 0 aliphatic heterocycles. The number of carbonyl (C=O) groups is 1. The number of pyridine rings is 1. The molecule has 0 spiro atoms. The molecule has 1 aliphatic carbocycles. The number of nitrogens with zero attached hydrogens (tertiary/aromatic N) is 3. The molecule has 1 amide bonds. The number of anilines is 3. The first-order valence-electron chi connectivity index (χ1n) is 6.86. The maximum atomic E-state index is 12.5. The molecule has 6 nitrogen and oxygen atoms in total. The van der Waals surface area contributed by atoms with E-state index in [1.165, 1.54) is 22.7 Å². The molecule has 7 heteroatoms. The van der Waals surface area contributed by atoms with E-state index in [-0.39, 0.29) is 11.7 Å². The highest BCUT2D eigenvalue weighted by molar-refractivity contribution is 7.18. The molecule has 2 aromatic heterocycles. The van der Waals surface area contributed by atoms with Crippen LogP contribution < -0.4 is 16.0 Å². The van der Waals surface area contributed by atoms with Gasteiger partial charge in [-0.25, -0.2) is 4.98 Å². The minimum Gasteiger partial charge on any atom is -0.382 e. The standard InChI is InChI=1S/C14H17N5OS/c1-19(10-6-3-7-16-8-10)13(20)11-12(15)18-14(21-11)17-9-4-2-5-9/h3,6-9H,2,4-5,15H2,1H3,(H,17,18). The van der Waals surface area contributed by atoms with Gasteiger partial charge in [0.15, 0.2) is 5.13 Å². The van der Waals surface area contributed by atoms with E-state index in [9.17, 15) is 4.79 Å². The second kappa shape index (κ2) is 5.69. The van der Waals surface area contributed by atoms with E-state index in [1.54, 1.807) is 25.5 Å². The first kappa shape index (κ1) is 13.8. The molecule has 21 heavy (non-hydrogen) atoms. The summed E-state index contributed by atoms with van der Waals surface area (Å²) in [6, 6.07) is 4.09. The van der Waals surface area contributed by atoms with Gasteiger partial charge in [0, 0.05) is 19.3 Å². The van der Waals surface area contributed by atoms with Crippen LogP contribution in [0.2, 0.25) is 0 Å². The van der Waals surface area contributed by atoms with Crippen molar-refractivity contribution in [3.05, 3.63) is 29.4 Å². The lowest BCUT2D eigenvalue weighted by molar-refractivity contribution is 0.0997. The number of hydrogen-bond donors (Lipinski definition) is 2. The van der Waals surface area contributed by atoms with E-state index in [0.717, 1.165) is 23.7 Å². The van der Waals surface area contributed by atoms with E-state index in [1.807, 2.05) is 6.07 Å². The summed E-state index contributed by atoms with van der Waals surface area (Å²) >= 11 is 1.31. The third kappa shape index (κ3) is 2.82. The molecule has 1 fully saturated rings. The highest BCUT2D eigenvalue weighted by atomic mass is 32.1. The summed E-state index contributed by atoms with van der Waals surface area (Å²) in [7, 11) is 1.71. The van der Waals surface area contributed by atoms with E-state index in [2.05, 4.69) is 15.3 Å². The Morgan fingerprint density at radius 3 is 2.95 bits per heavy atom. The third-order valence-electron chi connectivity index (χ3n) is 3.62. The topological polar surface area (TPSA) is 84.1 Å². The van der Waals surface area contributed by atoms with Crippen LogP contribution in [0.4, 0.5) is 16.6 Å². The second-order valence-corrected chi connectivity index (χ2v) is 6.08. The first-order valence-corrected chi connectivity index (χ1v) is 7.67. The number of rotatable bonds is 4. The van der Waals surface area contributed by atoms with Crippen molar-refractivity contribution in [1.82, 2.24) is 9.97 Å². The Kier molecular flexibility index (Phi) is 3.74. The molecule has 2 heterocycles. The minimum atomic E-state index is -0.167. The monoisotopic (exact) mass is 303 g/mol. The molecule has 0 bridgehead atoms. The van der Waals surface area contributed by atoms with Crippen LogP contribution in [-0.2, 0) is 0 Å². The predicted molar refractivity (Wildman–Crippen MR) is 84.8 cm³/mol. The Morgan fingerprint density at radius 1 is 1.52 bits per heavy atom. The number of nitrogens with two attached hydrogens (primary N) is 1. The van der Waals surface area contributed by atoms with Crippen molar-refractivity contribution >= 4 is 33.9 Å². The Hall–Kier alpha value is -2.15. The Balaban J connectivity index is 1.77. The molecule has 3 rings (SSSR count). The number of thiazole rings is 1. The first-order chi connectivity index (χ1) is 10.1. The van der Waals surface area contributed by atoms with Crippen molar-refractivity contribution in [2.24, 2.45) is 0 Å². The van der Waals surface area contributed by atoms with E-state index in [4.69, 9.17) is 5.73 Å². The number of amides is 1. The molecule has 0 aromatic carbocycles. The minimum absolute atomic E-state index is 0.167. The summed E-state index contributed by atoms with van der Waals surface area (Å²) in [5, 5.41) is 4.04. The number of nitrogens with one attached hydrogen (secondary N) is 1. The lowest BCUT2D eigenvalue weighted by Crippen LogP contribution is -2.26. The summed E-state index contributed by atoms with van der Waals surface area (Å²) < 4.78 is 0. The summed E-state index contributed by atoms with van der Waals surface area (Å²) in [4.78, 5) is 22.8. The SMILES string of the molecule is CN(C(=O)c1sc(NC2CCC2)nc1N)c1cccnc1. The molecular weight excluding hydrogens is 286 g/mol. The van der Waals surface area contributed by atoms with Gasteiger partial charge in [-0.2, -0.15) is 0 Å². The van der Waals surface area contributed by atoms with E-state index >= 15 is 0 Å². The zero-order valence-electron chi connectivity index (χ0n) is 11.7. The van der Waals surface area contributed by atoms with Crippen molar-refractivity contribution in [1.29, 1.82) is 0 Å². The van der Waals surface area contributed by atoms with Crippen LogP contribution in [0.3, 0.4) is 0 Å². The van der Waals surface area contributed by atoms with Gasteiger partial charge in [-0.15, -0.1) is 0 Å². The number of carbonyl (C=O) groups excluding carboxylic acids is 1. The van der Waals surface area contributed by atoms with Gasteiger partial charge in [-0.05, 0) is 31.4 Å². The van der Waals surface area contributed by atoms with Crippen molar-refractivity contribution in [3.8, 4) is 0 Å². The highest BCUT2D eigenvalue weighted by Crippen LogP contribution is 2.30. The van der Waals surface area contributed by atoms with Crippen LogP contribution in [0.25, 0.3) is 0 Å². The van der Waals surface area contributed by atoms with Crippen molar-refractivity contribution < 1.29 is 4.79 Å². The lowest BCUT2D eigenvalue weighted by atomic mass is 9.93. The zero-order valence-corrected chi connectivity index (χ0v) is 12.6. The van der Waals surface area contributed by atoms with Crippen LogP contribution >= 0.6 is 11.3 Å². The molecule has 1 saturated carbocycles. The maximum absolute atomic E-state index is 12.5. The maximum Gasteiger partial charge on any atom is 0.272 e. The average molecular weight is 303 g/mol. The molecule has 0 atom stereocenters. The zero-order chi connectivity index (χ0) is 14.8. The largest absolute Gasteiger partial charge is 0.382 e. The lowest BCUT2D eigenvalue weighted by Gasteiger charge is -2.25. The fraction of sp³-hybridized carbons (Fsp3) is 0.357. The molecule has 1 aliphatic rings. The van der Waals surface area contributed by atoms with Gasteiger partial charge in [0.1, 0.15) is 10.7 Å². The summed E-state index contributed by atoms with van der Waals surface area (Å²) in [5.41, 5.74) is 6.62. The predicted octanol–water partition coefficient (Wildman–Crippen LogP) is 2.36. The smallest absolute Gasteiger partial charge is 0.272 e. The molecule has 0 radical (unpaired) electrons. The van der Waals surface area contributed by atoms with E-state index < -0.39 is 0 Å². The van der Waals surface area contributed by atoms with Gasteiger partial charge in [-0.1, -0.05) is 11.3 Å². The van der Waals surface area contributed by atoms with Gasteiger partial charge < -0.3 is 16.0 Å². The van der Waals surface area contributed by atoms with Gasteiger partial charge in [0.05, 0.1) is 11.9 Å². The molecular formula is C14H17N5OS. The fourth-order valence-electron chi connectivity index (χ4n) is 2.10. The van der Waals surface area contributed by atoms with Crippen molar-refractivity contribution in [2.45, 2.75) is 25.3 Å². The normalized spacial score (nSPS) is 14.5. The van der Waals surface area contributed by atoms with Gasteiger partial charge >= 0.3 is 0 Å². The second-order valence-electron chi connectivity index (χ2n) is 5.08. The highest BCUT2D eigenvalue weighted by Gasteiger charge is 2.23. The number of hydrogen-bond acceptors (Lipinski definition) is 6. The van der Waals surface area contributed by atoms with Crippen LogP contribution in [0.1, 0.15) is 28.9 Å². The molecule has 0 unspecified atom stereocenters. The summed E-state index contributed by atoms with van der Waals surface area (Å²) in [5.74, 6) is 0.113. The molecule has 110 valence electrons. The molecule has 2 aromatic rings.